The van der Waals surface area contributed by atoms with E-state index in [-0.39, 0.29) is 6.04 Å². The van der Waals surface area contributed by atoms with Gasteiger partial charge < -0.3 is 5.73 Å². The highest BCUT2D eigenvalue weighted by Gasteiger charge is 2.32. The maximum atomic E-state index is 11.5. The van der Waals surface area contributed by atoms with Crippen LogP contribution in [-0.4, -0.2) is 11.0 Å². The Labute approximate surface area is 148 Å². The Morgan fingerprint density at radius 3 is 2.48 bits per heavy atom. The molecule has 0 spiro atoms. The number of rotatable bonds is 3. The molecule has 3 rings (SSSR count). The summed E-state index contributed by atoms with van der Waals surface area (Å²) in [5.74, 6) is 0. The summed E-state index contributed by atoms with van der Waals surface area (Å²) < 4.78 is 0. The molecule has 1 unspecified atom stereocenters. The number of hydrazone groups is 1. The minimum Gasteiger partial charge on any atom is -0.399 e. The monoisotopic (exact) mass is 367 g/mol. The van der Waals surface area contributed by atoms with E-state index in [0.717, 1.165) is 5.56 Å². The summed E-state index contributed by atoms with van der Waals surface area (Å²) in [5.41, 5.74) is 8.31. The first-order chi connectivity index (χ1) is 11.0. The van der Waals surface area contributed by atoms with Crippen LogP contribution in [0.5, 0.6) is 0 Å². The average Bonchev–Trinajstić information content (AvgIpc) is 2.93. The van der Waals surface area contributed by atoms with Crippen LogP contribution in [0.2, 0.25) is 10.0 Å². The van der Waals surface area contributed by atoms with Gasteiger partial charge in [-0.15, -0.1) is 0 Å². The number of carbonyl (C=O) groups excluding carboxylic acids is 1. The van der Waals surface area contributed by atoms with Gasteiger partial charge in [-0.3, -0.25) is 9.80 Å². The molecule has 2 N–H and O–H groups in total. The molecule has 23 heavy (non-hydrogen) atoms. The lowest BCUT2D eigenvalue weighted by Crippen LogP contribution is -2.19. The van der Waals surface area contributed by atoms with Crippen LogP contribution in [-0.2, 0) is 4.79 Å². The first kappa shape index (κ1) is 16.1. The van der Waals surface area contributed by atoms with Crippen LogP contribution >= 0.6 is 34.8 Å². The Hall–Kier alpha value is -1.75. The molecule has 2 aromatic carbocycles. The van der Waals surface area contributed by atoms with Gasteiger partial charge in [0.25, 0.3) is 5.24 Å². The van der Waals surface area contributed by atoms with Crippen molar-refractivity contribution in [2.75, 3.05) is 10.7 Å². The number of nitrogens with zero attached hydrogens (tertiary/aromatic N) is 2. The topological polar surface area (TPSA) is 58.7 Å². The molecule has 0 bridgehead atoms. The third-order valence-electron chi connectivity index (χ3n) is 3.62. The molecule has 1 aliphatic rings. The van der Waals surface area contributed by atoms with Crippen LogP contribution in [0.1, 0.15) is 18.0 Å². The van der Waals surface area contributed by atoms with Gasteiger partial charge in [0.05, 0.1) is 16.8 Å². The summed E-state index contributed by atoms with van der Waals surface area (Å²) in [6.07, 6.45) is 0.394. The maximum absolute atomic E-state index is 11.5. The minimum atomic E-state index is -0.571. The zero-order chi connectivity index (χ0) is 16.6. The van der Waals surface area contributed by atoms with E-state index in [9.17, 15) is 4.79 Å². The zero-order valence-corrected chi connectivity index (χ0v) is 14.1. The molecule has 118 valence electrons. The highest BCUT2D eigenvalue weighted by molar-refractivity contribution is 6.82. The number of nitrogens with two attached hydrogens (primary N) is 1. The number of hydrogen-bond acceptors (Lipinski definition) is 4. The van der Waals surface area contributed by atoms with Crippen LogP contribution < -0.4 is 10.7 Å². The van der Waals surface area contributed by atoms with Gasteiger partial charge in [0.1, 0.15) is 5.71 Å². The Bertz CT molecular complexity index is 790. The fraction of sp³-hybridized carbons (Fsp3) is 0.125. The molecule has 0 radical (unpaired) electrons. The molecule has 1 atom stereocenters. The number of carbonyl (C=O) groups is 1. The van der Waals surface area contributed by atoms with Gasteiger partial charge in [0, 0.05) is 17.1 Å². The number of benzene rings is 2. The molecule has 0 amide bonds. The smallest absolute Gasteiger partial charge is 0.268 e. The van der Waals surface area contributed by atoms with Crippen LogP contribution in [0.4, 0.5) is 11.4 Å². The summed E-state index contributed by atoms with van der Waals surface area (Å²) in [7, 11) is 0. The van der Waals surface area contributed by atoms with Crippen molar-refractivity contribution in [1.82, 2.24) is 0 Å². The van der Waals surface area contributed by atoms with E-state index in [1.165, 1.54) is 0 Å². The number of halogens is 3. The van der Waals surface area contributed by atoms with Gasteiger partial charge >= 0.3 is 0 Å². The van der Waals surface area contributed by atoms with E-state index >= 15 is 0 Å². The molecule has 0 saturated carbocycles. The Morgan fingerprint density at radius 2 is 1.87 bits per heavy atom. The summed E-state index contributed by atoms with van der Waals surface area (Å²) in [5, 5.41) is 6.44. The van der Waals surface area contributed by atoms with E-state index in [1.54, 1.807) is 35.3 Å². The normalized spacial score (nSPS) is 17.3. The second-order valence-corrected chi connectivity index (χ2v) is 6.33. The summed E-state index contributed by atoms with van der Waals surface area (Å²) in [6.45, 7) is 0. The molecule has 0 fully saturated rings. The molecule has 2 aromatic rings. The minimum absolute atomic E-state index is 0.188. The second-order valence-electron chi connectivity index (χ2n) is 5.15. The molecular formula is C16H12Cl3N3O. The van der Waals surface area contributed by atoms with Crippen molar-refractivity contribution >= 4 is 57.1 Å². The maximum Gasteiger partial charge on any atom is 0.268 e. The third kappa shape index (κ3) is 3.29. The summed E-state index contributed by atoms with van der Waals surface area (Å²) in [4.78, 5) is 11.5. The highest BCUT2D eigenvalue weighted by atomic mass is 35.5. The largest absolute Gasteiger partial charge is 0.399 e. The Morgan fingerprint density at radius 1 is 1.17 bits per heavy atom. The van der Waals surface area contributed by atoms with E-state index < -0.39 is 5.24 Å². The zero-order valence-electron chi connectivity index (χ0n) is 11.8. The first-order valence-corrected chi connectivity index (χ1v) is 7.96. The lowest BCUT2D eigenvalue weighted by atomic mass is 10.0. The number of hydrogen-bond donors (Lipinski definition) is 1. The highest BCUT2D eigenvalue weighted by Crippen LogP contribution is 2.39. The molecule has 1 heterocycles. The van der Waals surface area contributed by atoms with Gasteiger partial charge in [0.2, 0.25) is 0 Å². The molecule has 0 aromatic heterocycles. The lowest BCUT2D eigenvalue weighted by Gasteiger charge is -2.25. The van der Waals surface area contributed by atoms with E-state index in [2.05, 4.69) is 5.10 Å². The Balaban J connectivity index is 2.04. The molecule has 0 saturated heterocycles. The quantitative estimate of drug-likeness (QED) is 0.634. The predicted octanol–water partition coefficient (Wildman–Crippen LogP) is 4.65. The standard InChI is InChI=1S/C16H12Cl3N3O/c17-10-3-6-14(12(18)7-10)22-15(8-13(21-22)16(19)23)9-1-4-11(20)5-2-9/h1-7,15H,8,20H2. The van der Waals surface area contributed by atoms with Crippen LogP contribution in [0.25, 0.3) is 0 Å². The third-order valence-corrected chi connectivity index (χ3v) is 4.37. The van der Waals surface area contributed by atoms with Crippen molar-refractivity contribution in [2.24, 2.45) is 5.10 Å². The van der Waals surface area contributed by atoms with Gasteiger partial charge in [-0.05, 0) is 47.5 Å². The fourth-order valence-corrected chi connectivity index (χ4v) is 3.11. The fourth-order valence-electron chi connectivity index (χ4n) is 2.50. The number of anilines is 2. The predicted molar refractivity (Wildman–Crippen MR) is 95.4 cm³/mol. The lowest BCUT2D eigenvalue weighted by molar-refractivity contribution is -0.106. The van der Waals surface area contributed by atoms with Crippen molar-refractivity contribution in [2.45, 2.75) is 12.5 Å². The average molecular weight is 369 g/mol. The van der Waals surface area contributed by atoms with Crippen molar-refractivity contribution < 1.29 is 4.79 Å². The van der Waals surface area contributed by atoms with E-state index in [4.69, 9.17) is 40.5 Å². The molecule has 4 nitrogen and oxygen atoms in total. The van der Waals surface area contributed by atoms with Gasteiger partial charge in [-0.1, -0.05) is 35.3 Å². The van der Waals surface area contributed by atoms with Gasteiger partial charge in [-0.2, -0.15) is 5.10 Å². The molecule has 0 aliphatic carbocycles. The molecule has 7 heteroatoms. The first-order valence-electron chi connectivity index (χ1n) is 6.83. The SMILES string of the molecule is Nc1ccc(C2CC(C(=O)Cl)=NN2c2ccc(Cl)cc2Cl)cc1. The second kappa shape index (κ2) is 6.40. The molecular weight excluding hydrogens is 357 g/mol. The molecule has 1 aliphatic heterocycles. The Kier molecular flexibility index (Phi) is 4.48. The van der Waals surface area contributed by atoms with Crippen molar-refractivity contribution in [1.29, 1.82) is 0 Å². The summed E-state index contributed by atoms with van der Waals surface area (Å²) in [6, 6.07) is 12.3. The van der Waals surface area contributed by atoms with Crippen LogP contribution in [0.15, 0.2) is 47.6 Å². The van der Waals surface area contributed by atoms with Crippen molar-refractivity contribution in [3.05, 3.63) is 58.1 Å². The van der Waals surface area contributed by atoms with Gasteiger partial charge in [0.15, 0.2) is 0 Å². The summed E-state index contributed by atoms with van der Waals surface area (Å²) >= 11 is 17.8. The van der Waals surface area contributed by atoms with Crippen molar-refractivity contribution in [3.63, 3.8) is 0 Å². The van der Waals surface area contributed by atoms with Gasteiger partial charge in [-0.25, -0.2) is 0 Å². The van der Waals surface area contributed by atoms with Crippen LogP contribution in [0.3, 0.4) is 0 Å². The van der Waals surface area contributed by atoms with Crippen LogP contribution in [0, 0.1) is 0 Å². The van der Waals surface area contributed by atoms with Crippen molar-refractivity contribution in [3.8, 4) is 0 Å². The van der Waals surface area contributed by atoms with E-state index in [0.29, 0.717) is 33.6 Å². The number of nitrogen functional groups attached to an aromatic ring is 1. The van der Waals surface area contributed by atoms with E-state index in [1.807, 2.05) is 12.1 Å².